The molecule has 3 heterocycles. The molecule has 1 aliphatic rings. The van der Waals surface area contributed by atoms with E-state index in [9.17, 15) is 9.59 Å². The number of hydrogen-bond acceptors (Lipinski definition) is 5. The maximum absolute atomic E-state index is 12.1. The topological polar surface area (TPSA) is 78.7 Å². The highest BCUT2D eigenvalue weighted by atomic mass is 32.1. The lowest BCUT2D eigenvalue weighted by Crippen LogP contribution is -2.45. The van der Waals surface area contributed by atoms with Gasteiger partial charge in [0.05, 0.1) is 5.69 Å². The van der Waals surface area contributed by atoms with Crippen molar-refractivity contribution in [2.45, 2.75) is 25.4 Å². The molecule has 27 heavy (non-hydrogen) atoms. The van der Waals surface area contributed by atoms with Crippen LogP contribution in [0.3, 0.4) is 0 Å². The van der Waals surface area contributed by atoms with Gasteiger partial charge < -0.3 is 10.6 Å². The Kier molecular flexibility index (Phi) is 5.17. The van der Waals surface area contributed by atoms with E-state index < -0.39 is 0 Å². The molecule has 0 bridgehead atoms. The zero-order chi connectivity index (χ0) is 18.6. The Labute approximate surface area is 160 Å². The molecule has 1 aromatic carbocycles. The third-order valence-electron chi connectivity index (χ3n) is 4.70. The average molecular weight is 383 g/mol. The predicted molar refractivity (Wildman–Crippen MR) is 106 cm³/mol. The fourth-order valence-corrected chi connectivity index (χ4v) is 4.05. The minimum atomic E-state index is -0.169. The fourth-order valence-electron chi connectivity index (χ4n) is 3.31. The summed E-state index contributed by atoms with van der Waals surface area (Å²) in [5, 5.41) is 7.76. The molecule has 8 heteroatoms. The van der Waals surface area contributed by atoms with Gasteiger partial charge in [-0.15, -0.1) is 11.3 Å². The minimum Gasteiger partial charge on any atom is -0.335 e. The van der Waals surface area contributed by atoms with Crippen molar-refractivity contribution in [2.75, 3.05) is 18.4 Å². The van der Waals surface area contributed by atoms with E-state index in [1.165, 1.54) is 11.3 Å². The molecule has 4 rings (SSSR count). The van der Waals surface area contributed by atoms with Gasteiger partial charge in [-0.3, -0.25) is 14.1 Å². The lowest BCUT2D eigenvalue weighted by atomic mass is 10.1. The van der Waals surface area contributed by atoms with Gasteiger partial charge in [0, 0.05) is 49.0 Å². The summed E-state index contributed by atoms with van der Waals surface area (Å²) in [7, 11) is 0. The number of carbonyl (C=O) groups excluding carboxylic acids is 1. The minimum absolute atomic E-state index is 0.0367. The first-order valence-corrected chi connectivity index (χ1v) is 9.86. The molecule has 2 aromatic heterocycles. The molecule has 0 unspecified atom stereocenters. The first-order chi connectivity index (χ1) is 13.2. The van der Waals surface area contributed by atoms with Crippen LogP contribution in [0, 0.1) is 0 Å². The van der Waals surface area contributed by atoms with Gasteiger partial charge in [-0.05, 0) is 25.0 Å². The van der Waals surface area contributed by atoms with E-state index in [4.69, 9.17) is 0 Å². The number of carbonyl (C=O) groups is 1. The van der Waals surface area contributed by atoms with Gasteiger partial charge >= 0.3 is 6.03 Å². The summed E-state index contributed by atoms with van der Waals surface area (Å²) in [6, 6.07) is 11.0. The summed E-state index contributed by atoms with van der Waals surface area (Å²) in [4.78, 5) is 31.8. The largest absolute Gasteiger partial charge is 0.335 e. The molecule has 0 saturated carbocycles. The number of thiazole rings is 1. The van der Waals surface area contributed by atoms with Crippen molar-refractivity contribution in [3.63, 3.8) is 0 Å². The number of nitrogens with zero attached hydrogens (tertiary/aromatic N) is 3. The Hall–Kier alpha value is -2.71. The maximum Gasteiger partial charge on any atom is 0.319 e. The van der Waals surface area contributed by atoms with Crippen LogP contribution in [0.15, 0.2) is 52.8 Å². The third-order valence-corrected chi connectivity index (χ3v) is 5.45. The number of nitrogens with one attached hydrogen (secondary N) is 2. The first-order valence-electron chi connectivity index (χ1n) is 8.98. The van der Waals surface area contributed by atoms with E-state index in [0.717, 1.165) is 42.3 Å². The van der Waals surface area contributed by atoms with E-state index in [0.29, 0.717) is 6.54 Å². The molecule has 3 aromatic rings. The Morgan fingerprint density at radius 2 is 2.00 bits per heavy atom. The van der Waals surface area contributed by atoms with Crippen LogP contribution >= 0.6 is 11.3 Å². The summed E-state index contributed by atoms with van der Waals surface area (Å²) in [6.07, 6.45) is 3.50. The monoisotopic (exact) mass is 383 g/mol. The number of para-hydroxylation sites is 1. The second kappa shape index (κ2) is 7.89. The molecule has 0 atom stereocenters. The lowest BCUT2D eigenvalue weighted by molar-refractivity contribution is 0.188. The number of amides is 2. The quantitative estimate of drug-likeness (QED) is 0.726. The van der Waals surface area contributed by atoms with Gasteiger partial charge in [-0.2, -0.15) is 0 Å². The van der Waals surface area contributed by atoms with Crippen LogP contribution in [0.4, 0.5) is 10.5 Å². The molecule has 1 fully saturated rings. The Morgan fingerprint density at radius 3 is 2.78 bits per heavy atom. The number of benzene rings is 1. The van der Waals surface area contributed by atoms with Crippen molar-refractivity contribution in [1.29, 1.82) is 0 Å². The van der Waals surface area contributed by atoms with Crippen molar-refractivity contribution >= 4 is 28.0 Å². The van der Waals surface area contributed by atoms with Crippen LogP contribution in [0.25, 0.3) is 4.96 Å². The molecule has 0 radical (unpaired) electrons. The zero-order valence-corrected chi connectivity index (χ0v) is 15.6. The van der Waals surface area contributed by atoms with E-state index in [1.54, 1.807) is 16.7 Å². The normalized spacial score (nSPS) is 15.7. The van der Waals surface area contributed by atoms with Crippen molar-refractivity contribution in [1.82, 2.24) is 19.6 Å². The van der Waals surface area contributed by atoms with Crippen molar-refractivity contribution in [3.8, 4) is 0 Å². The lowest BCUT2D eigenvalue weighted by Gasteiger charge is -2.32. The standard InChI is InChI=1S/C19H21N5O2S/c25-17-12-16(22-19-24(17)10-11-27-19)13-23-8-6-15(7-9-23)21-18(26)20-14-4-2-1-3-5-14/h1-5,10-12,15H,6-9,13H2,(H2,20,21,26). The van der Waals surface area contributed by atoms with Gasteiger partial charge in [0.1, 0.15) is 0 Å². The van der Waals surface area contributed by atoms with E-state index in [1.807, 2.05) is 35.7 Å². The average Bonchev–Trinajstić information content (AvgIpc) is 3.13. The summed E-state index contributed by atoms with van der Waals surface area (Å²) < 4.78 is 1.57. The van der Waals surface area contributed by atoms with Crippen LogP contribution in [0.5, 0.6) is 0 Å². The molecule has 7 nitrogen and oxygen atoms in total. The fraction of sp³-hybridized carbons (Fsp3) is 0.316. The van der Waals surface area contributed by atoms with Gasteiger partial charge in [0.15, 0.2) is 4.96 Å². The Morgan fingerprint density at radius 1 is 1.22 bits per heavy atom. The first kappa shape index (κ1) is 17.7. The molecule has 1 aliphatic heterocycles. The third kappa shape index (κ3) is 4.35. The number of urea groups is 1. The van der Waals surface area contributed by atoms with E-state index >= 15 is 0 Å². The molecule has 1 saturated heterocycles. The van der Waals surface area contributed by atoms with Gasteiger partial charge in [-0.1, -0.05) is 18.2 Å². The van der Waals surface area contributed by atoms with E-state index in [2.05, 4.69) is 20.5 Å². The number of aromatic nitrogens is 2. The SMILES string of the molecule is O=C(Nc1ccccc1)NC1CCN(Cc2cc(=O)n3ccsc3n2)CC1. The van der Waals surface area contributed by atoms with Gasteiger partial charge in [0.25, 0.3) is 5.56 Å². The number of hydrogen-bond donors (Lipinski definition) is 2. The molecular weight excluding hydrogens is 362 g/mol. The maximum atomic E-state index is 12.1. The van der Waals surface area contributed by atoms with Crippen molar-refractivity contribution < 1.29 is 4.79 Å². The summed E-state index contributed by atoms with van der Waals surface area (Å²) in [5.74, 6) is 0. The second-order valence-corrected chi connectivity index (χ2v) is 7.53. The molecular formula is C19H21N5O2S. The molecule has 140 valence electrons. The van der Waals surface area contributed by atoms with Crippen LogP contribution in [0.2, 0.25) is 0 Å². The Bertz CT molecular complexity index is 976. The van der Waals surface area contributed by atoms with Gasteiger partial charge in [0.2, 0.25) is 0 Å². The summed E-state index contributed by atoms with van der Waals surface area (Å²) >= 11 is 1.46. The molecule has 0 aliphatic carbocycles. The number of anilines is 1. The predicted octanol–water partition coefficient (Wildman–Crippen LogP) is 2.54. The summed E-state index contributed by atoms with van der Waals surface area (Å²) in [6.45, 7) is 2.39. The number of piperidine rings is 1. The van der Waals surface area contributed by atoms with Crippen LogP contribution in [-0.2, 0) is 6.54 Å². The molecule has 0 spiro atoms. The highest BCUT2D eigenvalue weighted by molar-refractivity contribution is 7.15. The van der Waals surface area contributed by atoms with Crippen LogP contribution in [-0.4, -0.2) is 39.4 Å². The number of fused-ring (bicyclic) bond motifs is 1. The van der Waals surface area contributed by atoms with Crippen molar-refractivity contribution in [3.05, 3.63) is 64.0 Å². The van der Waals surface area contributed by atoms with Crippen LogP contribution in [0.1, 0.15) is 18.5 Å². The Balaban J connectivity index is 1.28. The number of rotatable bonds is 4. The van der Waals surface area contributed by atoms with E-state index in [-0.39, 0.29) is 17.6 Å². The molecule has 2 N–H and O–H groups in total. The highest BCUT2D eigenvalue weighted by Gasteiger charge is 2.21. The highest BCUT2D eigenvalue weighted by Crippen LogP contribution is 2.14. The molecule has 2 amide bonds. The summed E-state index contributed by atoms with van der Waals surface area (Å²) in [5.41, 5.74) is 1.55. The van der Waals surface area contributed by atoms with Crippen molar-refractivity contribution in [2.24, 2.45) is 0 Å². The zero-order valence-electron chi connectivity index (χ0n) is 14.8. The smallest absolute Gasteiger partial charge is 0.319 e. The number of likely N-dealkylation sites (tertiary alicyclic amines) is 1. The second-order valence-electron chi connectivity index (χ2n) is 6.66. The van der Waals surface area contributed by atoms with Gasteiger partial charge in [-0.25, -0.2) is 9.78 Å². The van der Waals surface area contributed by atoms with Crippen LogP contribution < -0.4 is 16.2 Å².